The van der Waals surface area contributed by atoms with Crippen LogP contribution in [-0.4, -0.2) is 24.1 Å². The van der Waals surface area contributed by atoms with Gasteiger partial charge in [-0.15, -0.1) is 0 Å². The van der Waals surface area contributed by atoms with Gasteiger partial charge >= 0.3 is 6.18 Å². The van der Waals surface area contributed by atoms with Crippen molar-refractivity contribution in [3.05, 3.63) is 48.0 Å². The van der Waals surface area contributed by atoms with Crippen molar-refractivity contribution in [3.63, 3.8) is 0 Å². The van der Waals surface area contributed by atoms with Crippen LogP contribution in [0.1, 0.15) is 24.0 Å². The van der Waals surface area contributed by atoms with Crippen LogP contribution in [0.2, 0.25) is 0 Å². The van der Waals surface area contributed by atoms with Crippen LogP contribution in [0.4, 0.5) is 19.0 Å². The van der Waals surface area contributed by atoms with Crippen LogP contribution in [0.25, 0.3) is 0 Å². The van der Waals surface area contributed by atoms with Crippen molar-refractivity contribution in [1.29, 1.82) is 0 Å². The van der Waals surface area contributed by atoms with Crippen molar-refractivity contribution >= 4 is 5.82 Å². The Morgan fingerprint density at radius 2 is 2.17 bits per heavy atom. The number of aromatic nitrogens is 1. The number of alkyl halides is 3. The molecule has 0 aromatic carbocycles. The summed E-state index contributed by atoms with van der Waals surface area (Å²) in [7, 11) is 0. The van der Waals surface area contributed by atoms with Gasteiger partial charge in [0.15, 0.2) is 0 Å². The first-order valence-electron chi connectivity index (χ1n) is 7.55. The van der Waals surface area contributed by atoms with E-state index in [9.17, 15) is 13.2 Å². The van der Waals surface area contributed by atoms with Gasteiger partial charge in [0.25, 0.3) is 0 Å². The molecule has 2 aromatic heterocycles. The molecule has 0 amide bonds. The zero-order valence-corrected chi connectivity index (χ0v) is 12.5. The molecule has 23 heavy (non-hydrogen) atoms. The maximum Gasteiger partial charge on any atom is 0.417 e. The molecule has 3 rings (SSSR count). The summed E-state index contributed by atoms with van der Waals surface area (Å²) in [5, 5.41) is 3.45. The van der Waals surface area contributed by atoms with Gasteiger partial charge in [0.05, 0.1) is 18.1 Å². The highest BCUT2D eigenvalue weighted by Gasteiger charge is 2.31. The van der Waals surface area contributed by atoms with E-state index in [4.69, 9.17) is 4.42 Å². The monoisotopic (exact) mass is 325 g/mol. The molecule has 0 spiro atoms. The number of halogens is 3. The van der Waals surface area contributed by atoms with Gasteiger partial charge in [-0.2, -0.15) is 13.2 Å². The predicted molar refractivity (Wildman–Crippen MR) is 80.0 cm³/mol. The third kappa shape index (κ3) is 4.04. The first kappa shape index (κ1) is 15.9. The zero-order valence-electron chi connectivity index (χ0n) is 12.5. The molecular weight excluding hydrogens is 307 g/mol. The summed E-state index contributed by atoms with van der Waals surface area (Å²) in [6.07, 6.45) is 1.90. The minimum Gasteiger partial charge on any atom is -0.472 e. The number of nitrogens with one attached hydrogen (secondary N) is 1. The Hall–Kier alpha value is -2.02. The van der Waals surface area contributed by atoms with E-state index in [1.807, 2.05) is 11.0 Å². The molecule has 0 bridgehead atoms. The van der Waals surface area contributed by atoms with Crippen LogP contribution in [0, 0.1) is 0 Å². The number of hydrogen-bond donors (Lipinski definition) is 1. The number of anilines is 1. The molecule has 1 N–H and O–H groups in total. The van der Waals surface area contributed by atoms with Crippen molar-refractivity contribution < 1.29 is 17.6 Å². The first-order valence-corrected chi connectivity index (χ1v) is 7.55. The van der Waals surface area contributed by atoms with Gasteiger partial charge in [-0.05, 0) is 31.0 Å². The Labute approximate surface area is 132 Å². The number of pyridine rings is 1. The SMILES string of the molecule is FC(F)(F)c1ccc(N2CCCC(NCc3ccoc3)C2)nc1. The Bertz CT molecular complexity index is 611. The number of hydrogen-bond acceptors (Lipinski definition) is 4. The third-order valence-corrected chi connectivity index (χ3v) is 4.00. The summed E-state index contributed by atoms with van der Waals surface area (Å²) >= 11 is 0. The first-order chi connectivity index (χ1) is 11.0. The van der Waals surface area contributed by atoms with Gasteiger partial charge in [-0.25, -0.2) is 4.98 Å². The second-order valence-electron chi connectivity index (χ2n) is 5.70. The highest BCUT2D eigenvalue weighted by Crippen LogP contribution is 2.29. The molecule has 1 aliphatic rings. The lowest BCUT2D eigenvalue weighted by atomic mass is 10.1. The van der Waals surface area contributed by atoms with Crippen LogP contribution < -0.4 is 10.2 Å². The fourth-order valence-electron chi connectivity index (χ4n) is 2.75. The summed E-state index contributed by atoms with van der Waals surface area (Å²) in [5.41, 5.74) is 0.364. The lowest BCUT2D eigenvalue weighted by Gasteiger charge is -2.34. The van der Waals surface area contributed by atoms with E-state index in [1.165, 1.54) is 6.07 Å². The third-order valence-electron chi connectivity index (χ3n) is 4.00. The molecule has 0 radical (unpaired) electrons. The molecule has 0 aliphatic carbocycles. The fourth-order valence-corrected chi connectivity index (χ4v) is 2.75. The van der Waals surface area contributed by atoms with E-state index in [0.29, 0.717) is 5.82 Å². The van der Waals surface area contributed by atoms with Crippen LogP contribution in [-0.2, 0) is 12.7 Å². The standard InChI is InChI=1S/C16H18F3N3O/c17-16(18,19)13-3-4-15(21-9-13)22-6-1-2-14(10-22)20-8-12-5-7-23-11-12/h3-5,7,9,11,14,20H,1-2,6,8,10H2. The van der Waals surface area contributed by atoms with Gasteiger partial charge in [-0.1, -0.05) is 0 Å². The van der Waals surface area contributed by atoms with Gasteiger partial charge in [0.2, 0.25) is 0 Å². The Balaban J connectivity index is 1.59. The van der Waals surface area contributed by atoms with E-state index in [1.54, 1.807) is 12.5 Å². The number of piperidine rings is 1. The molecule has 1 saturated heterocycles. The molecule has 4 nitrogen and oxygen atoms in total. The predicted octanol–water partition coefficient (Wildman–Crippen LogP) is 3.45. The van der Waals surface area contributed by atoms with Crippen molar-refractivity contribution in [2.45, 2.75) is 31.6 Å². The second kappa shape index (κ2) is 6.62. The largest absolute Gasteiger partial charge is 0.472 e. The van der Waals surface area contributed by atoms with Crippen molar-refractivity contribution in [3.8, 4) is 0 Å². The average Bonchev–Trinajstić information content (AvgIpc) is 3.06. The highest BCUT2D eigenvalue weighted by molar-refractivity contribution is 5.40. The quantitative estimate of drug-likeness (QED) is 0.935. The summed E-state index contributed by atoms with van der Waals surface area (Å²) in [6, 6.07) is 4.72. The topological polar surface area (TPSA) is 41.3 Å². The number of furan rings is 1. The Kier molecular flexibility index (Phi) is 4.56. The van der Waals surface area contributed by atoms with Crippen LogP contribution >= 0.6 is 0 Å². The van der Waals surface area contributed by atoms with E-state index in [2.05, 4.69) is 10.3 Å². The van der Waals surface area contributed by atoms with Crippen LogP contribution in [0.3, 0.4) is 0 Å². The minimum atomic E-state index is -4.35. The van der Waals surface area contributed by atoms with Crippen molar-refractivity contribution in [2.24, 2.45) is 0 Å². The van der Waals surface area contributed by atoms with Gasteiger partial charge < -0.3 is 14.6 Å². The lowest BCUT2D eigenvalue weighted by Crippen LogP contribution is -2.45. The highest BCUT2D eigenvalue weighted by atomic mass is 19.4. The minimum absolute atomic E-state index is 0.280. The molecule has 1 aliphatic heterocycles. The Morgan fingerprint density at radius 3 is 2.83 bits per heavy atom. The summed E-state index contributed by atoms with van der Waals surface area (Å²) in [5.74, 6) is 0.591. The van der Waals surface area contributed by atoms with Gasteiger partial charge in [0, 0.05) is 37.4 Å². The lowest BCUT2D eigenvalue weighted by molar-refractivity contribution is -0.137. The van der Waals surface area contributed by atoms with Crippen LogP contribution in [0.15, 0.2) is 41.3 Å². The van der Waals surface area contributed by atoms with E-state index in [0.717, 1.165) is 50.3 Å². The molecule has 2 aromatic rings. The maximum atomic E-state index is 12.6. The van der Waals surface area contributed by atoms with Gasteiger partial charge in [-0.3, -0.25) is 0 Å². The average molecular weight is 325 g/mol. The van der Waals surface area contributed by atoms with E-state index < -0.39 is 11.7 Å². The zero-order chi connectivity index (χ0) is 16.3. The molecule has 1 fully saturated rings. The molecular formula is C16H18F3N3O. The second-order valence-corrected chi connectivity index (χ2v) is 5.70. The fraction of sp³-hybridized carbons (Fsp3) is 0.438. The number of nitrogens with zero attached hydrogens (tertiary/aromatic N) is 2. The molecule has 0 saturated carbocycles. The normalized spacial score (nSPS) is 19.1. The molecule has 124 valence electrons. The molecule has 7 heteroatoms. The molecule has 1 atom stereocenters. The van der Waals surface area contributed by atoms with E-state index >= 15 is 0 Å². The van der Waals surface area contributed by atoms with Crippen molar-refractivity contribution in [1.82, 2.24) is 10.3 Å². The number of rotatable bonds is 4. The molecule has 1 unspecified atom stereocenters. The summed E-state index contributed by atoms with van der Waals surface area (Å²) < 4.78 is 42.8. The summed E-state index contributed by atoms with van der Waals surface area (Å²) in [6.45, 7) is 2.26. The van der Waals surface area contributed by atoms with Gasteiger partial charge in [0.1, 0.15) is 5.82 Å². The summed E-state index contributed by atoms with van der Waals surface area (Å²) in [4.78, 5) is 6.00. The smallest absolute Gasteiger partial charge is 0.417 e. The van der Waals surface area contributed by atoms with Crippen LogP contribution in [0.5, 0.6) is 0 Å². The van der Waals surface area contributed by atoms with E-state index in [-0.39, 0.29) is 6.04 Å². The maximum absolute atomic E-state index is 12.6. The molecule has 3 heterocycles. The Morgan fingerprint density at radius 1 is 1.30 bits per heavy atom. The van der Waals surface area contributed by atoms with Crippen molar-refractivity contribution in [2.75, 3.05) is 18.0 Å².